The minimum atomic E-state index is -1.20. The first-order valence-electron chi connectivity index (χ1n) is 3.85. The summed E-state index contributed by atoms with van der Waals surface area (Å²) in [7, 11) is -2.02. The van der Waals surface area contributed by atoms with Gasteiger partial charge in [0, 0.05) is 0 Å². The molecule has 4 heteroatoms. The first-order valence-corrected chi connectivity index (χ1v) is 13.3. The molecule has 61 valence electrons. The van der Waals surface area contributed by atoms with E-state index in [1.165, 1.54) is 0 Å². The van der Waals surface area contributed by atoms with Gasteiger partial charge in [0.2, 0.25) is 0 Å². The fourth-order valence-corrected chi connectivity index (χ4v) is 10.7. The van der Waals surface area contributed by atoms with E-state index in [0.717, 1.165) is 0 Å². The maximum absolute atomic E-state index is 6.00. The van der Waals surface area contributed by atoms with Gasteiger partial charge in [-0.1, -0.05) is 13.1 Å². The molecular formula is C6H19OSi3. The molecule has 0 aromatic rings. The van der Waals surface area contributed by atoms with E-state index in [9.17, 15) is 0 Å². The molecule has 0 fully saturated rings. The van der Waals surface area contributed by atoms with Crippen molar-refractivity contribution in [3.05, 3.63) is 0 Å². The molecule has 0 bridgehead atoms. The molecule has 0 saturated carbocycles. The van der Waals surface area contributed by atoms with E-state index in [1.54, 1.807) is 0 Å². The maximum Gasteiger partial charge on any atom is 0.174 e. The molecule has 1 nitrogen and oxygen atoms in total. The zero-order valence-corrected chi connectivity index (χ0v) is 11.1. The monoisotopic (exact) mass is 191 g/mol. The van der Waals surface area contributed by atoms with E-state index in [0.29, 0.717) is 0 Å². The number of hydrogen-bond donors (Lipinski definition) is 0. The Morgan fingerprint density at radius 3 is 1.70 bits per heavy atom. The Kier molecular flexibility index (Phi) is 4.08. The van der Waals surface area contributed by atoms with Gasteiger partial charge in [-0.3, -0.25) is 0 Å². The summed E-state index contributed by atoms with van der Waals surface area (Å²) in [4.78, 5) is 0. The van der Waals surface area contributed by atoms with Crippen molar-refractivity contribution in [1.29, 1.82) is 0 Å². The summed E-state index contributed by atoms with van der Waals surface area (Å²) < 4.78 is 6.00. The standard InChI is InChI=1S/C6H19OSi3/c1-8(2)9(3)7-10(4,5)6/h8H,1-6H3. The Balaban J connectivity index is 3.68. The molecule has 0 heterocycles. The average molecular weight is 191 g/mol. The largest absolute Gasteiger partial charge is 0.458 e. The fourth-order valence-electron chi connectivity index (χ4n) is 0.601. The minimum absolute atomic E-state index is 0.363. The molecule has 0 aromatic heterocycles. The highest BCUT2D eigenvalue weighted by Gasteiger charge is 2.21. The Labute approximate surface area is 69.0 Å². The van der Waals surface area contributed by atoms with Crippen molar-refractivity contribution in [2.75, 3.05) is 0 Å². The lowest BCUT2D eigenvalue weighted by molar-refractivity contribution is 0.593. The van der Waals surface area contributed by atoms with E-state index in [4.69, 9.17) is 4.12 Å². The number of rotatable bonds is 3. The van der Waals surface area contributed by atoms with Crippen LogP contribution in [0, 0.1) is 0 Å². The van der Waals surface area contributed by atoms with Crippen LogP contribution in [0.5, 0.6) is 0 Å². The molecule has 10 heavy (non-hydrogen) atoms. The Hall–Kier alpha value is 0.611. The molecule has 0 aliphatic carbocycles. The van der Waals surface area contributed by atoms with Crippen molar-refractivity contribution in [3.63, 3.8) is 0 Å². The highest BCUT2D eigenvalue weighted by molar-refractivity contribution is 7.19. The fraction of sp³-hybridized carbons (Fsp3) is 1.00. The van der Waals surface area contributed by atoms with Crippen LogP contribution >= 0.6 is 0 Å². The molecule has 0 atom stereocenters. The van der Waals surface area contributed by atoms with Gasteiger partial charge in [-0.2, -0.15) is 0 Å². The summed E-state index contributed by atoms with van der Waals surface area (Å²) in [5, 5.41) is 0. The Morgan fingerprint density at radius 2 is 1.60 bits per heavy atom. The summed E-state index contributed by atoms with van der Waals surface area (Å²) in [6.45, 7) is 13.9. The zero-order valence-electron chi connectivity index (χ0n) is 7.99. The van der Waals surface area contributed by atoms with Gasteiger partial charge in [-0.05, 0) is 26.2 Å². The zero-order chi connectivity index (χ0) is 8.36. The molecular weight excluding hydrogens is 172 g/mol. The van der Waals surface area contributed by atoms with Crippen LogP contribution in [0.2, 0.25) is 39.3 Å². The molecule has 0 aliphatic heterocycles. The predicted octanol–water partition coefficient (Wildman–Crippen LogP) is 2.02. The second-order valence-electron chi connectivity index (χ2n) is 3.98. The highest BCUT2D eigenvalue weighted by Crippen LogP contribution is 2.06. The molecule has 0 spiro atoms. The smallest absolute Gasteiger partial charge is 0.174 e. The van der Waals surface area contributed by atoms with Crippen LogP contribution in [0.15, 0.2) is 0 Å². The second kappa shape index (κ2) is 3.85. The summed E-state index contributed by atoms with van der Waals surface area (Å²) in [6.07, 6.45) is 0. The van der Waals surface area contributed by atoms with Crippen molar-refractivity contribution in [1.82, 2.24) is 0 Å². The molecule has 0 aliphatic rings. The lowest BCUT2D eigenvalue weighted by Crippen LogP contribution is -2.40. The van der Waals surface area contributed by atoms with Crippen LogP contribution in [-0.4, -0.2) is 25.2 Å². The third kappa shape index (κ3) is 5.40. The quantitative estimate of drug-likeness (QED) is 0.620. The summed E-state index contributed by atoms with van der Waals surface area (Å²) >= 11 is 0. The van der Waals surface area contributed by atoms with Crippen molar-refractivity contribution in [3.8, 4) is 0 Å². The SMILES string of the molecule is C[Si](O[Si](C)(C)C)[SiH](C)C. The third-order valence-electron chi connectivity index (χ3n) is 1.28. The van der Waals surface area contributed by atoms with Gasteiger partial charge in [-0.25, -0.2) is 0 Å². The van der Waals surface area contributed by atoms with Crippen LogP contribution in [0.4, 0.5) is 0 Å². The van der Waals surface area contributed by atoms with E-state index >= 15 is 0 Å². The van der Waals surface area contributed by atoms with E-state index in [1.807, 2.05) is 0 Å². The maximum atomic E-state index is 6.00. The third-order valence-corrected chi connectivity index (χ3v) is 12.6. The van der Waals surface area contributed by atoms with Crippen LogP contribution < -0.4 is 0 Å². The molecule has 0 N–H and O–H groups in total. The summed E-state index contributed by atoms with van der Waals surface area (Å²) in [5.41, 5.74) is 0. The minimum Gasteiger partial charge on any atom is -0.458 e. The highest BCUT2D eigenvalue weighted by atomic mass is 29.2. The van der Waals surface area contributed by atoms with Crippen LogP contribution in [0.1, 0.15) is 0 Å². The van der Waals surface area contributed by atoms with E-state index < -0.39 is 16.6 Å². The van der Waals surface area contributed by atoms with Crippen molar-refractivity contribution in [2.24, 2.45) is 0 Å². The Bertz CT molecular complexity index is 97.7. The predicted molar refractivity (Wildman–Crippen MR) is 54.9 cm³/mol. The molecule has 0 unspecified atom stereocenters. The molecule has 0 rings (SSSR count). The summed E-state index contributed by atoms with van der Waals surface area (Å²) in [6, 6.07) is 0. The lowest BCUT2D eigenvalue weighted by atomic mass is 11.8. The molecule has 0 amide bonds. The molecule has 0 saturated heterocycles. The van der Waals surface area contributed by atoms with Crippen molar-refractivity contribution >= 4 is 25.2 Å². The van der Waals surface area contributed by atoms with E-state index in [2.05, 4.69) is 39.3 Å². The van der Waals surface area contributed by atoms with E-state index in [-0.39, 0.29) is 8.56 Å². The van der Waals surface area contributed by atoms with Crippen molar-refractivity contribution in [2.45, 2.75) is 39.3 Å². The van der Waals surface area contributed by atoms with Gasteiger partial charge >= 0.3 is 0 Å². The van der Waals surface area contributed by atoms with Gasteiger partial charge < -0.3 is 4.12 Å². The molecule has 1 radical (unpaired) electrons. The van der Waals surface area contributed by atoms with Gasteiger partial charge in [0.05, 0.1) is 8.31 Å². The lowest BCUT2D eigenvalue weighted by Gasteiger charge is -2.24. The first kappa shape index (κ1) is 10.6. The van der Waals surface area contributed by atoms with Crippen LogP contribution in [0.25, 0.3) is 0 Å². The van der Waals surface area contributed by atoms with Gasteiger partial charge in [0.1, 0.15) is 0 Å². The number of hydrogen-bond acceptors (Lipinski definition) is 1. The Morgan fingerprint density at radius 1 is 1.20 bits per heavy atom. The summed E-state index contributed by atoms with van der Waals surface area (Å²) in [5.74, 6) is 0. The second-order valence-corrected chi connectivity index (χ2v) is 18.5. The normalized spacial score (nSPS) is 13.2. The van der Waals surface area contributed by atoms with Crippen LogP contribution in [-0.2, 0) is 4.12 Å². The van der Waals surface area contributed by atoms with Gasteiger partial charge in [0.15, 0.2) is 16.9 Å². The molecule has 0 aromatic carbocycles. The average Bonchev–Trinajstić information content (AvgIpc) is 1.60. The van der Waals surface area contributed by atoms with Crippen LogP contribution in [0.3, 0.4) is 0 Å². The first-order chi connectivity index (χ1) is 4.33. The topological polar surface area (TPSA) is 9.23 Å². The van der Waals surface area contributed by atoms with Crippen molar-refractivity contribution < 1.29 is 4.12 Å². The van der Waals surface area contributed by atoms with Gasteiger partial charge in [0.25, 0.3) is 0 Å². The van der Waals surface area contributed by atoms with Gasteiger partial charge in [-0.15, -0.1) is 0 Å².